The second-order valence-electron chi connectivity index (χ2n) is 10.5. The average Bonchev–Trinajstić information content (AvgIpc) is 2.77. The SMILES string of the molecule is CCCCCCC/C=C\CCCCCCCCCOC[C@H](COC)OP(=O)(O)OCC[N+](C)(C)C. The van der Waals surface area contributed by atoms with Crippen LogP contribution in [-0.2, 0) is 23.1 Å². The highest BCUT2D eigenvalue weighted by Crippen LogP contribution is 2.44. The largest absolute Gasteiger partial charge is 0.472 e. The predicted molar refractivity (Wildman–Crippen MR) is 146 cm³/mol. The third-order valence-electron chi connectivity index (χ3n) is 5.76. The Bertz CT molecular complexity index is 538. The van der Waals surface area contributed by atoms with Crippen molar-refractivity contribution in [3.8, 4) is 0 Å². The molecule has 0 saturated heterocycles. The first-order chi connectivity index (χ1) is 16.7. The zero-order chi connectivity index (χ0) is 26.3. The highest BCUT2D eigenvalue weighted by molar-refractivity contribution is 7.47. The predicted octanol–water partition coefficient (Wildman–Crippen LogP) is 6.90. The lowest BCUT2D eigenvalue weighted by atomic mass is 10.1. The molecule has 0 aliphatic carbocycles. The minimum atomic E-state index is -4.13. The molecule has 0 aliphatic rings. The van der Waals surface area contributed by atoms with Gasteiger partial charge in [-0.25, -0.2) is 4.57 Å². The minimum Gasteiger partial charge on any atom is -0.382 e. The zero-order valence-electron chi connectivity index (χ0n) is 23.5. The van der Waals surface area contributed by atoms with Crippen molar-refractivity contribution in [2.75, 3.05) is 61.2 Å². The van der Waals surface area contributed by atoms with Crippen LogP contribution < -0.4 is 0 Å². The van der Waals surface area contributed by atoms with Crippen LogP contribution in [0.3, 0.4) is 0 Å². The molecule has 1 N–H and O–H groups in total. The van der Waals surface area contributed by atoms with E-state index in [0.717, 1.165) is 12.8 Å². The summed E-state index contributed by atoms with van der Waals surface area (Å²) in [7, 11) is 3.37. The van der Waals surface area contributed by atoms with E-state index >= 15 is 0 Å². The van der Waals surface area contributed by atoms with Crippen LogP contribution >= 0.6 is 7.82 Å². The van der Waals surface area contributed by atoms with Gasteiger partial charge in [0.25, 0.3) is 0 Å². The van der Waals surface area contributed by atoms with Crippen molar-refractivity contribution in [1.29, 1.82) is 0 Å². The number of methoxy groups -OCH3 is 1. The molecule has 8 heteroatoms. The fourth-order valence-electron chi connectivity index (χ4n) is 3.61. The van der Waals surface area contributed by atoms with Gasteiger partial charge in [-0.1, -0.05) is 76.9 Å². The maximum Gasteiger partial charge on any atom is 0.472 e. The lowest BCUT2D eigenvalue weighted by Crippen LogP contribution is -2.37. The molecule has 0 saturated carbocycles. The van der Waals surface area contributed by atoms with Crippen LogP contribution in [0.4, 0.5) is 0 Å². The van der Waals surface area contributed by atoms with Gasteiger partial charge in [-0.05, 0) is 32.1 Å². The van der Waals surface area contributed by atoms with Crippen molar-refractivity contribution < 1.29 is 32.5 Å². The third kappa shape index (κ3) is 26.6. The van der Waals surface area contributed by atoms with E-state index in [2.05, 4.69) is 19.1 Å². The van der Waals surface area contributed by atoms with Gasteiger partial charge in [-0.2, -0.15) is 0 Å². The van der Waals surface area contributed by atoms with E-state index < -0.39 is 13.9 Å². The number of allylic oxidation sites excluding steroid dienone is 2. The number of rotatable bonds is 26. The summed E-state index contributed by atoms with van der Waals surface area (Å²) in [5.41, 5.74) is 0. The number of ether oxygens (including phenoxy) is 2. The smallest absolute Gasteiger partial charge is 0.382 e. The van der Waals surface area contributed by atoms with E-state index in [9.17, 15) is 9.46 Å². The average molecular weight is 523 g/mol. The normalized spacial score (nSPS) is 15.0. The van der Waals surface area contributed by atoms with E-state index in [1.165, 1.54) is 84.2 Å². The number of quaternary nitrogens is 1. The van der Waals surface area contributed by atoms with Gasteiger partial charge in [0.1, 0.15) is 19.3 Å². The Balaban J connectivity index is 3.66. The molecule has 0 bridgehead atoms. The van der Waals surface area contributed by atoms with Crippen LogP contribution in [0.15, 0.2) is 12.2 Å². The van der Waals surface area contributed by atoms with Gasteiger partial charge in [-0.3, -0.25) is 9.05 Å². The Hall–Kier alpha value is -0.270. The van der Waals surface area contributed by atoms with Gasteiger partial charge in [0.15, 0.2) is 0 Å². The van der Waals surface area contributed by atoms with Crippen molar-refractivity contribution >= 4 is 7.82 Å². The Kier molecular flexibility index (Phi) is 22.7. The molecule has 2 atom stereocenters. The second-order valence-corrected chi connectivity index (χ2v) is 11.9. The lowest BCUT2D eigenvalue weighted by molar-refractivity contribution is -0.870. The summed E-state index contributed by atoms with van der Waals surface area (Å²) >= 11 is 0. The first-order valence-electron chi connectivity index (χ1n) is 13.9. The summed E-state index contributed by atoms with van der Waals surface area (Å²) in [6, 6.07) is 0. The number of hydrogen-bond donors (Lipinski definition) is 1. The third-order valence-corrected chi connectivity index (χ3v) is 6.83. The van der Waals surface area contributed by atoms with E-state index in [1.807, 2.05) is 21.1 Å². The standard InChI is InChI=1S/C27H56NO6P/c1-6-7-8-9-10-11-12-13-14-15-16-17-18-19-20-21-23-32-26-27(25-31-5)34-35(29,30)33-24-22-28(2,3)4/h12-13,27H,6-11,14-26H2,1-5H3/p+1/b13-12-/t27-/m0/s1. The number of phosphoric ester groups is 1. The monoisotopic (exact) mass is 522 g/mol. The molecule has 210 valence electrons. The molecule has 0 aliphatic heterocycles. The van der Waals surface area contributed by atoms with Crippen LogP contribution in [-0.4, -0.2) is 76.7 Å². The molecular formula is C27H57NO6P+. The van der Waals surface area contributed by atoms with Crippen LogP contribution in [0.5, 0.6) is 0 Å². The molecule has 0 aromatic heterocycles. The van der Waals surface area contributed by atoms with Gasteiger partial charge in [0, 0.05) is 13.7 Å². The maximum absolute atomic E-state index is 12.2. The highest BCUT2D eigenvalue weighted by atomic mass is 31.2. The summed E-state index contributed by atoms with van der Waals surface area (Å²) in [6.45, 7) is 4.02. The molecule has 0 spiro atoms. The number of unbranched alkanes of at least 4 members (excludes halogenated alkanes) is 12. The van der Waals surface area contributed by atoms with E-state index in [-0.39, 0.29) is 19.8 Å². The molecule has 35 heavy (non-hydrogen) atoms. The molecule has 7 nitrogen and oxygen atoms in total. The van der Waals surface area contributed by atoms with Gasteiger partial charge in [0.2, 0.25) is 0 Å². The fraction of sp³-hybridized carbons (Fsp3) is 0.926. The zero-order valence-corrected chi connectivity index (χ0v) is 24.4. The van der Waals surface area contributed by atoms with Gasteiger partial charge < -0.3 is 18.9 Å². The summed E-state index contributed by atoms with van der Waals surface area (Å²) < 4.78 is 33.9. The summed E-state index contributed by atoms with van der Waals surface area (Å²) in [6.07, 6.45) is 21.9. The Morgan fingerprint density at radius 2 is 1.34 bits per heavy atom. The second kappa shape index (κ2) is 22.9. The van der Waals surface area contributed by atoms with Crippen molar-refractivity contribution in [1.82, 2.24) is 0 Å². The Labute approximate surface area is 216 Å². The maximum atomic E-state index is 12.2. The molecule has 0 fully saturated rings. The topological polar surface area (TPSA) is 74.2 Å². The molecule has 0 aromatic rings. The van der Waals surface area contributed by atoms with E-state index in [4.69, 9.17) is 18.5 Å². The van der Waals surface area contributed by atoms with Crippen molar-refractivity contribution in [2.45, 2.75) is 103 Å². The van der Waals surface area contributed by atoms with Crippen molar-refractivity contribution in [3.63, 3.8) is 0 Å². The molecule has 0 heterocycles. The first-order valence-corrected chi connectivity index (χ1v) is 15.4. The van der Waals surface area contributed by atoms with Crippen LogP contribution in [0.2, 0.25) is 0 Å². The summed E-state index contributed by atoms with van der Waals surface area (Å²) in [5.74, 6) is 0. The van der Waals surface area contributed by atoms with E-state index in [1.54, 1.807) is 0 Å². The molecule has 0 amide bonds. The summed E-state index contributed by atoms with van der Waals surface area (Å²) in [4.78, 5) is 9.95. The number of likely N-dealkylation sites (N-methyl/N-ethyl adjacent to an activating group) is 1. The van der Waals surface area contributed by atoms with Gasteiger partial charge in [0.05, 0.1) is 34.4 Å². The molecule has 0 aromatic carbocycles. The minimum absolute atomic E-state index is 0.147. The van der Waals surface area contributed by atoms with Crippen molar-refractivity contribution in [3.05, 3.63) is 12.2 Å². The van der Waals surface area contributed by atoms with Crippen LogP contribution in [0, 0.1) is 0 Å². The molecule has 0 rings (SSSR count). The molecule has 1 unspecified atom stereocenters. The Morgan fingerprint density at radius 3 is 1.89 bits per heavy atom. The highest BCUT2D eigenvalue weighted by Gasteiger charge is 2.27. The van der Waals surface area contributed by atoms with Crippen LogP contribution in [0.25, 0.3) is 0 Å². The number of hydrogen-bond acceptors (Lipinski definition) is 5. The Morgan fingerprint density at radius 1 is 0.800 bits per heavy atom. The number of phosphoric acid groups is 1. The molecule has 0 radical (unpaired) electrons. The molecular weight excluding hydrogens is 465 g/mol. The first kappa shape index (κ1) is 34.7. The van der Waals surface area contributed by atoms with Crippen LogP contribution in [0.1, 0.15) is 96.8 Å². The summed E-state index contributed by atoms with van der Waals surface area (Å²) in [5, 5.41) is 0. The van der Waals surface area contributed by atoms with Gasteiger partial charge in [-0.15, -0.1) is 0 Å². The van der Waals surface area contributed by atoms with Gasteiger partial charge >= 0.3 is 7.82 Å². The lowest BCUT2D eigenvalue weighted by Gasteiger charge is -2.25. The fourth-order valence-corrected chi connectivity index (χ4v) is 4.48. The quantitative estimate of drug-likeness (QED) is 0.0577. The number of nitrogens with zero attached hydrogens (tertiary/aromatic N) is 1. The van der Waals surface area contributed by atoms with E-state index in [0.29, 0.717) is 17.6 Å². The van der Waals surface area contributed by atoms with Crippen molar-refractivity contribution in [2.24, 2.45) is 0 Å².